The van der Waals surface area contributed by atoms with Crippen LogP contribution in [0, 0.1) is 11.8 Å². The number of nitrogens with one attached hydrogen (secondary N) is 3. The summed E-state index contributed by atoms with van der Waals surface area (Å²) in [6.45, 7) is 5.48. The van der Waals surface area contributed by atoms with Crippen molar-refractivity contribution < 1.29 is 8.42 Å². The Morgan fingerprint density at radius 3 is 2.23 bits per heavy atom. The van der Waals surface area contributed by atoms with Crippen LogP contribution in [0.1, 0.15) is 39.5 Å². The van der Waals surface area contributed by atoms with Gasteiger partial charge in [0.15, 0.2) is 5.96 Å². The highest BCUT2D eigenvalue weighted by molar-refractivity contribution is 14.0. The lowest BCUT2D eigenvalue weighted by molar-refractivity contribution is 0.250. The van der Waals surface area contributed by atoms with Gasteiger partial charge < -0.3 is 10.6 Å². The van der Waals surface area contributed by atoms with E-state index < -0.39 is 10.0 Å². The van der Waals surface area contributed by atoms with Crippen LogP contribution in [0.2, 0.25) is 0 Å². The highest BCUT2D eigenvalue weighted by atomic mass is 127. The molecule has 0 aliphatic heterocycles. The summed E-state index contributed by atoms with van der Waals surface area (Å²) in [6.07, 6.45) is 6.04. The van der Waals surface area contributed by atoms with Gasteiger partial charge >= 0.3 is 0 Å². The molecule has 1 saturated carbocycles. The number of hydrogen-bond acceptors (Lipinski definition) is 3. The number of hydrogen-bond donors (Lipinski definition) is 3. The first-order chi connectivity index (χ1) is 9.81. The van der Waals surface area contributed by atoms with Crippen LogP contribution in [0.5, 0.6) is 0 Å². The summed E-state index contributed by atoms with van der Waals surface area (Å²) < 4.78 is 24.4. The normalized spacial score (nSPS) is 23.0. The number of aliphatic imine (C=N–C) groups is 1. The van der Waals surface area contributed by atoms with Crippen LogP contribution in [-0.4, -0.2) is 46.8 Å². The van der Waals surface area contributed by atoms with Gasteiger partial charge in [0.1, 0.15) is 0 Å². The summed E-state index contributed by atoms with van der Waals surface area (Å²) in [5.41, 5.74) is 0. The zero-order valence-corrected chi connectivity index (χ0v) is 17.2. The standard InChI is InChI=1S/C14H30N4O2S.HI/c1-11(2)12-5-7-13(8-6-12)18-14(15-3)16-9-10-17-21(4,19)20;/h11-13,17H,5-10H2,1-4H3,(H2,15,16,18);1H. The molecule has 0 aromatic heterocycles. The highest BCUT2D eigenvalue weighted by Gasteiger charge is 2.23. The first-order valence-corrected chi connectivity index (χ1v) is 9.62. The topological polar surface area (TPSA) is 82.6 Å². The molecule has 22 heavy (non-hydrogen) atoms. The Morgan fingerprint density at radius 2 is 1.77 bits per heavy atom. The second kappa shape index (κ2) is 10.6. The fourth-order valence-corrected chi connectivity index (χ4v) is 3.21. The molecule has 0 aromatic rings. The maximum Gasteiger partial charge on any atom is 0.208 e. The smallest absolute Gasteiger partial charge is 0.208 e. The zero-order chi connectivity index (χ0) is 15.9. The Kier molecular flexibility index (Phi) is 10.6. The Bertz CT molecular complexity index is 432. The molecule has 1 aliphatic rings. The molecule has 0 radical (unpaired) electrons. The van der Waals surface area contributed by atoms with E-state index in [2.05, 4.69) is 34.2 Å². The predicted octanol–water partition coefficient (Wildman–Crippen LogP) is 1.53. The second-order valence-corrected chi connectivity index (χ2v) is 8.00. The van der Waals surface area contributed by atoms with Crippen molar-refractivity contribution in [1.82, 2.24) is 15.4 Å². The molecule has 0 amide bonds. The molecule has 8 heteroatoms. The molecule has 1 rings (SSSR count). The fourth-order valence-electron chi connectivity index (χ4n) is 2.74. The summed E-state index contributed by atoms with van der Waals surface area (Å²) in [7, 11) is -1.39. The lowest BCUT2D eigenvalue weighted by Gasteiger charge is -2.32. The molecule has 3 N–H and O–H groups in total. The van der Waals surface area contributed by atoms with Crippen LogP contribution in [-0.2, 0) is 10.0 Å². The van der Waals surface area contributed by atoms with Crippen molar-refractivity contribution in [1.29, 1.82) is 0 Å². The number of sulfonamides is 1. The van der Waals surface area contributed by atoms with Crippen molar-refractivity contribution in [3.63, 3.8) is 0 Å². The van der Waals surface area contributed by atoms with Crippen molar-refractivity contribution in [3.05, 3.63) is 0 Å². The van der Waals surface area contributed by atoms with E-state index in [4.69, 9.17) is 0 Å². The van der Waals surface area contributed by atoms with Crippen LogP contribution in [0.15, 0.2) is 4.99 Å². The Balaban J connectivity index is 0.00000441. The third-order valence-electron chi connectivity index (χ3n) is 4.06. The summed E-state index contributed by atoms with van der Waals surface area (Å²) in [5, 5.41) is 6.56. The monoisotopic (exact) mass is 446 g/mol. The van der Waals surface area contributed by atoms with E-state index in [-0.39, 0.29) is 24.0 Å². The average Bonchev–Trinajstić information content (AvgIpc) is 2.41. The molecule has 0 bridgehead atoms. The van der Waals surface area contributed by atoms with E-state index in [1.54, 1.807) is 7.05 Å². The number of halogens is 1. The predicted molar refractivity (Wildman–Crippen MR) is 103 cm³/mol. The Hall–Kier alpha value is -0.0900. The van der Waals surface area contributed by atoms with Gasteiger partial charge in [0.25, 0.3) is 0 Å². The Labute approximate surface area is 152 Å². The molecule has 0 aromatic carbocycles. The molecule has 132 valence electrons. The minimum Gasteiger partial charge on any atom is -0.355 e. The first-order valence-electron chi connectivity index (χ1n) is 7.73. The van der Waals surface area contributed by atoms with Gasteiger partial charge in [-0.05, 0) is 37.5 Å². The summed E-state index contributed by atoms with van der Waals surface area (Å²) in [5.74, 6) is 2.36. The molecule has 0 spiro atoms. The molecule has 0 heterocycles. The van der Waals surface area contributed by atoms with Gasteiger partial charge in [0.2, 0.25) is 10.0 Å². The fraction of sp³-hybridized carbons (Fsp3) is 0.929. The van der Waals surface area contributed by atoms with Gasteiger partial charge in [0, 0.05) is 26.2 Å². The summed E-state index contributed by atoms with van der Waals surface area (Å²) in [4.78, 5) is 4.19. The SMILES string of the molecule is CN=C(NCCNS(C)(=O)=O)NC1CCC(C(C)C)CC1.I. The van der Waals surface area contributed by atoms with Gasteiger partial charge in [-0.25, -0.2) is 13.1 Å². The van der Waals surface area contributed by atoms with Crippen LogP contribution >= 0.6 is 24.0 Å². The van der Waals surface area contributed by atoms with Crippen LogP contribution in [0.25, 0.3) is 0 Å². The molecule has 1 aliphatic carbocycles. The molecule has 0 saturated heterocycles. The number of nitrogens with zero attached hydrogens (tertiary/aromatic N) is 1. The van der Waals surface area contributed by atoms with Crippen molar-refractivity contribution >= 4 is 40.0 Å². The summed E-state index contributed by atoms with van der Waals surface area (Å²) >= 11 is 0. The van der Waals surface area contributed by atoms with E-state index in [9.17, 15) is 8.42 Å². The maximum absolute atomic E-state index is 11.0. The summed E-state index contributed by atoms with van der Waals surface area (Å²) in [6, 6.07) is 0.467. The lowest BCUT2D eigenvalue weighted by Crippen LogP contribution is -2.46. The van der Waals surface area contributed by atoms with Crippen molar-refractivity contribution in [3.8, 4) is 0 Å². The van der Waals surface area contributed by atoms with E-state index in [0.29, 0.717) is 19.1 Å². The van der Waals surface area contributed by atoms with Gasteiger partial charge in [-0.2, -0.15) is 0 Å². The molecule has 0 unspecified atom stereocenters. The van der Waals surface area contributed by atoms with E-state index in [1.165, 1.54) is 25.7 Å². The average molecular weight is 446 g/mol. The number of guanidine groups is 1. The van der Waals surface area contributed by atoms with Crippen molar-refractivity contribution in [2.24, 2.45) is 16.8 Å². The molecular weight excluding hydrogens is 415 g/mol. The highest BCUT2D eigenvalue weighted by Crippen LogP contribution is 2.29. The van der Waals surface area contributed by atoms with Gasteiger partial charge in [0.05, 0.1) is 6.26 Å². The maximum atomic E-state index is 11.0. The third-order valence-corrected chi connectivity index (χ3v) is 4.79. The Morgan fingerprint density at radius 1 is 1.18 bits per heavy atom. The quantitative estimate of drug-likeness (QED) is 0.250. The van der Waals surface area contributed by atoms with Crippen LogP contribution in [0.3, 0.4) is 0 Å². The van der Waals surface area contributed by atoms with Crippen LogP contribution in [0.4, 0.5) is 0 Å². The minimum absolute atomic E-state index is 0. The van der Waals surface area contributed by atoms with Crippen molar-refractivity contribution in [2.75, 3.05) is 26.4 Å². The third kappa shape index (κ3) is 9.14. The molecule has 1 fully saturated rings. The first kappa shape index (κ1) is 21.9. The van der Waals surface area contributed by atoms with Gasteiger partial charge in [-0.15, -0.1) is 24.0 Å². The lowest BCUT2D eigenvalue weighted by atomic mass is 9.80. The van der Waals surface area contributed by atoms with Crippen molar-refractivity contribution in [2.45, 2.75) is 45.6 Å². The zero-order valence-electron chi connectivity index (χ0n) is 14.1. The molecule has 6 nitrogen and oxygen atoms in total. The van der Waals surface area contributed by atoms with Gasteiger partial charge in [-0.1, -0.05) is 13.8 Å². The van der Waals surface area contributed by atoms with Gasteiger partial charge in [-0.3, -0.25) is 4.99 Å². The second-order valence-electron chi connectivity index (χ2n) is 6.17. The van der Waals surface area contributed by atoms with E-state index in [1.807, 2.05) is 0 Å². The van der Waals surface area contributed by atoms with Crippen LogP contribution < -0.4 is 15.4 Å². The molecule has 0 atom stereocenters. The van der Waals surface area contributed by atoms with E-state index >= 15 is 0 Å². The number of rotatable bonds is 6. The van der Waals surface area contributed by atoms with E-state index in [0.717, 1.165) is 24.1 Å². The minimum atomic E-state index is -3.12. The largest absolute Gasteiger partial charge is 0.355 e. The molecular formula is C14H31IN4O2S.